The Bertz CT molecular complexity index is 396. The Hall–Kier alpha value is -1.34. The van der Waals surface area contributed by atoms with Gasteiger partial charge < -0.3 is 25.0 Å². The van der Waals surface area contributed by atoms with Crippen LogP contribution in [0.1, 0.15) is 39.5 Å². The maximum absolute atomic E-state index is 11.7. The normalized spacial score (nSPS) is 17.2. The van der Waals surface area contributed by atoms with Gasteiger partial charge in [0.2, 0.25) is 5.91 Å². The molecule has 0 aliphatic carbocycles. The van der Waals surface area contributed by atoms with Crippen LogP contribution < -0.4 is 10.6 Å². The van der Waals surface area contributed by atoms with E-state index >= 15 is 0 Å². The zero-order valence-corrected chi connectivity index (χ0v) is 16.3. The fourth-order valence-electron chi connectivity index (χ4n) is 2.32. The lowest BCUT2D eigenvalue weighted by Crippen LogP contribution is -2.43. The van der Waals surface area contributed by atoms with Crippen molar-refractivity contribution in [2.75, 3.05) is 53.6 Å². The Kier molecular flexibility index (Phi) is 11.2. The first-order valence-electron chi connectivity index (χ1n) is 9.43. The molecule has 1 rings (SSSR count). The summed E-state index contributed by atoms with van der Waals surface area (Å²) in [7, 11) is 3.48. The molecule has 1 amide bonds. The molecule has 0 saturated carbocycles. The lowest BCUT2D eigenvalue weighted by molar-refractivity contribution is -0.127. The fourth-order valence-corrected chi connectivity index (χ4v) is 2.32. The van der Waals surface area contributed by atoms with E-state index in [0.29, 0.717) is 17.9 Å². The van der Waals surface area contributed by atoms with Crippen molar-refractivity contribution >= 4 is 11.9 Å². The number of carbonyl (C=O) groups is 1. The van der Waals surface area contributed by atoms with Gasteiger partial charge in [0.1, 0.15) is 6.54 Å². The fraction of sp³-hybridized carbons (Fsp3) is 0.889. The summed E-state index contributed by atoms with van der Waals surface area (Å²) in [6, 6.07) is 0.311. The quantitative estimate of drug-likeness (QED) is 0.350. The third-order valence-electron chi connectivity index (χ3n) is 4.32. The van der Waals surface area contributed by atoms with E-state index in [4.69, 9.17) is 9.47 Å². The highest BCUT2D eigenvalue weighted by Crippen LogP contribution is 2.14. The molecule has 146 valence electrons. The molecule has 7 nitrogen and oxygen atoms in total. The van der Waals surface area contributed by atoms with Crippen LogP contribution in [0.2, 0.25) is 0 Å². The monoisotopic (exact) mass is 356 g/mol. The van der Waals surface area contributed by atoms with E-state index in [1.165, 1.54) is 0 Å². The van der Waals surface area contributed by atoms with E-state index in [9.17, 15) is 4.79 Å². The van der Waals surface area contributed by atoms with E-state index in [2.05, 4.69) is 29.5 Å². The Morgan fingerprint density at radius 1 is 1.36 bits per heavy atom. The van der Waals surface area contributed by atoms with Crippen molar-refractivity contribution in [1.82, 2.24) is 15.5 Å². The lowest BCUT2D eigenvalue weighted by Gasteiger charge is -2.21. The summed E-state index contributed by atoms with van der Waals surface area (Å²) in [5.41, 5.74) is 0. The molecule has 0 aromatic heterocycles. The number of hydrogen-bond acceptors (Lipinski definition) is 4. The van der Waals surface area contributed by atoms with Crippen molar-refractivity contribution in [2.24, 2.45) is 10.9 Å². The number of amides is 1. The topological polar surface area (TPSA) is 75.2 Å². The van der Waals surface area contributed by atoms with Gasteiger partial charge in [-0.1, -0.05) is 6.92 Å². The summed E-state index contributed by atoms with van der Waals surface area (Å²) in [5.74, 6) is 1.32. The number of ether oxygens (including phenoxy) is 2. The molecule has 0 bridgehead atoms. The average molecular weight is 357 g/mol. The Morgan fingerprint density at radius 2 is 2.08 bits per heavy atom. The minimum absolute atomic E-state index is 0.00922. The van der Waals surface area contributed by atoms with Gasteiger partial charge in [0, 0.05) is 53.1 Å². The summed E-state index contributed by atoms with van der Waals surface area (Å²) in [6.07, 6.45) is 4.12. The van der Waals surface area contributed by atoms with Crippen LogP contribution in [0.3, 0.4) is 0 Å². The molecule has 1 saturated heterocycles. The smallest absolute Gasteiger partial charge is 0.243 e. The van der Waals surface area contributed by atoms with Crippen LogP contribution in [0.15, 0.2) is 4.99 Å². The first kappa shape index (κ1) is 21.7. The number of hydrogen-bond donors (Lipinski definition) is 2. The van der Waals surface area contributed by atoms with Crippen LogP contribution in [0.5, 0.6) is 0 Å². The number of nitrogens with zero attached hydrogens (tertiary/aromatic N) is 2. The highest BCUT2D eigenvalue weighted by molar-refractivity contribution is 5.84. The molecule has 1 unspecified atom stereocenters. The van der Waals surface area contributed by atoms with Gasteiger partial charge in [-0.15, -0.1) is 0 Å². The predicted octanol–water partition coefficient (Wildman–Crippen LogP) is 1.24. The van der Waals surface area contributed by atoms with E-state index < -0.39 is 0 Å². The van der Waals surface area contributed by atoms with Gasteiger partial charge in [0.05, 0.1) is 0 Å². The van der Waals surface area contributed by atoms with Crippen LogP contribution in [-0.4, -0.2) is 76.4 Å². The number of nitrogens with one attached hydrogen (secondary N) is 2. The maximum Gasteiger partial charge on any atom is 0.243 e. The first-order valence-corrected chi connectivity index (χ1v) is 9.43. The van der Waals surface area contributed by atoms with Crippen LogP contribution in [0.25, 0.3) is 0 Å². The second kappa shape index (κ2) is 12.9. The van der Waals surface area contributed by atoms with Gasteiger partial charge in [-0.3, -0.25) is 4.79 Å². The maximum atomic E-state index is 11.7. The summed E-state index contributed by atoms with van der Waals surface area (Å²) in [6.45, 7) is 8.42. The van der Waals surface area contributed by atoms with Crippen LogP contribution in [0.4, 0.5) is 0 Å². The number of guanidine groups is 1. The summed E-state index contributed by atoms with van der Waals surface area (Å²) in [4.78, 5) is 17.6. The summed E-state index contributed by atoms with van der Waals surface area (Å²) < 4.78 is 11.1. The van der Waals surface area contributed by atoms with Gasteiger partial charge in [-0.2, -0.15) is 0 Å². The Labute approximate surface area is 152 Å². The molecule has 0 aromatic rings. The van der Waals surface area contributed by atoms with Crippen LogP contribution in [-0.2, 0) is 14.3 Å². The molecule has 1 atom stereocenters. The first-order chi connectivity index (χ1) is 12.0. The van der Waals surface area contributed by atoms with E-state index in [1.54, 1.807) is 19.0 Å². The molecular weight excluding hydrogens is 320 g/mol. The Balaban J connectivity index is 2.24. The molecule has 1 aliphatic rings. The SMILES string of the molecule is CCC(C)NC(=NCC(=O)N(C)C)NCCCOCC1CCOCC1. The third kappa shape index (κ3) is 10.3. The minimum atomic E-state index is -0.00922. The van der Waals surface area contributed by atoms with Gasteiger partial charge in [0.15, 0.2) is 5.96 Å². The van der Waals surface area contributed by atoms with Crippen molar-refractivity contribution < 1.29 is 14.3 Å². The lowest BCUT2D eigenvalue weighted by atomic mass is 10.0. The van der Waals surface area contributed by atoms with Gasteiger partial charge in [-0.05, 0) is 38.5 Å². The molecular formula is C18H36N4O3. The molecule has 25 heavy (non-hydrogen) atoms. The van der Waals surface area contributed by atoms with Crippen molar-refractivity contribution in [2.45, 2.75) is 45.6 Å². The molecule has 0 spiro atoms. The average Bonchev–Trinajstić information content (AvgIpc) is 2.62. The van der Waals surface area contributed by atoms with Crippen molar-refractivity contribution in [3.8, 4) is 0 Å². The standard InChI is InChI=1S/C18H36N4O3/c1-5-15(2)21-18(20-13-17(23)22(3)4)19-9-6-10-25-14-16-7-11-24-12-8-16/h15-16H,5-14H2,1-4H3,(H2,19,20,21). The Morgan fingerprint density at radius 3 is 2.72 bits per heavy atom. The largest absolute Gasteiger partial charge is 0.381 e. The van der Waals surface area contributed by atoms with E-state index in [-0.39, 0.29) is 12.5 Å². The van der Waals surface area contributed by atoms with Crippen molar-refractivity contribution in [3.05, 3.63) is 0 Å². The minimum Gasteiger partial charge on any atom is -0.381 e. The zero-order valence-electron chi connectivity index (χ0n) is 16.3. The molecule has 0 radical (unpaired) electrons. The number of rotatable bonds is 10. The van der Waals surface area contributed by atoms with E-state index in [0.717, 1.165) is 58.7 Å². The molecule has 1 aliphatic heterocycles. The van der Waals surface area contributed by atoms with E-state index in [1.807, 2.05) is 0 Å². The molecule has 0 aromatic carbocycles. The highest BCUT2D eigenvalue weighted by Gasteiger charge is 2.13. The third-order valence-corrected chi connectivity index (χ3v) is 4.32. The number of likely N-dealkylation sites (N-methyl/N-ethyl adjacent to an activating group) is 1. The van der Waals surface area contributed by atoms with Crippen molar-refractivity contribution in [3.63, 3.8) is 0 Å². The van der Waals surface area contributed by atoms with Gasteiger partial charge >= 0.3 is 0 Å². The van der Waals surface area contributed by atoms with Crippen molar-refractivity contribution in [1.29, 1.82) is 0 Å². The number of aliphatic imine (C=N–C) groups is 1. The predicted molar refractivity (Wildman–Crippen MR) is 101 cm³/mol. The summed E-state index contributed by atoms with van der Waals surface area (Å²) >= 11 is 0. The van der Waals surface area contributed by atoms with Crippen LogP contribution in [0, 0.1) is 5.92 Å². The molecule has 1 heterocycles. The number of carbonyl (C=O) groups excluding carboxylic acids is 1. The highest BCUT2D eigenvalue weighted by atomic mass is 16.5. The molecule has 1 fully saturated rings. The van der Waals surface area contributed by atoms with Gasteiger partial charge in [-0.25, -0.2) is 4.99 Å². The molecule has 2 N–H and O–H groups in total. The summed E-state index contributed by atoms with van der Waals surface area (Å²) in [5, 5.41) is 6.60. The zero-order chi connectivity index (χ0) is 18.5. The van der Waals surface area contributed by atoms with Crippen LogP contribution >= 0.6 is 0 Å². The molecule has 7 heteroatoms. The van der Waals surface area contributed by atoms with Gasteiger partial charge in [0.25, 0.3) is 0 Å². The second-order valence-electron chi connectivity index (χ2n) is 6.82. The second-order valence-corrected chi connectivity index (χ2v) is 6.82.